The fraction of sp³-hybridized carbons (Fsp3) is 0.523. The third kappa shape index (κ3) is 7.55. The molecule has 0 bridgehead atoms. The van der Waals surface area contributed by atoms with Crippen molar-refractivity contribution >= 4 is 29.1 Å². The second kappa shape index (κ2) is 14.5. The molecule has 3 aromatic rings. The maximum absolute atomic E-state index is 13.1. The Morgan fingerprint density at radius 1 is 0.755 bits per heavy atom. The van der Waals surface area contributed by atoms with Gasteiger partial charge in [0.2, 0.25) is 11.8 Å². The molecule has 4 heterocycles. The zero-order chi connectivity index (χ0) is 36.9. The van der Waals surface area contributed by atoms with Crippen molar-refractivity contribution in [2.24, 2.45) is 17.3 Å². The number of carbonyl (C=O) groups excluding carboxylic acids is 3. The minimum absolute atomic E-state index is 0.119. The van der Waals surface area contributed by atoms with Gasteiger partial charge in [-0.3, -0.25) is 24.6 Å². The van der Waals surface area contributed by atoms with Crippen molar-refractivity contribution in [3.8, 4) is 5.75 Å². The van der Waals surface area contributed by atoms with E-state index in [2.05, 4.69) is 77.2 Å². The molecule has 8 rings (SSSR count). The van der Waals surface area contributed by atoms with Gasteiger partial charge in [-0.15, -0.1) is 0 Å². The Morgan fingerprint density at radius 3 is 2.19 bits per heavy atom. The van der Waals surface area contributed by atoms with Gasteiger partial charge in [-0.05, 0) is 120 Å². The lowest BCUT2D eigenvalue weighted by atomic mass is 9.67. The molecular weight excluding hydrogens is 663 g/mol. The van der Waals surface area contributed by atoms with Crippen LogP contribution in [0.1, 0.15) is 97.8 Å². The number of carbonyl (C=O) groups is 3. The Balaban J connectivity index is 0.830. The summed E-state index contributed by atoms with van der Waals surface area (Å²) in [6.45, 7) is 14.8. The second-order valence-electron chi connectivity index (χ2n) is 17.5. The van der Waals surface area contributed by atoms with Gasteiger partial charge in [0.1, 0.15) is 11.8 Å². The molecule has 0 radical (unpaired) electrons. The van der Waals surface area contributed by atoms with E-state index < -0.39 is 6.04 Å². The van der Waals surface area contributed by atoms with Crippen LogP contribution < -0.4 is 15.1 Å². The van der Waals surface area contributed by atoms with E-state index in [0.717, 1.165) is 69.9 Å². The third-order valence-electron chi connectivity index (χ3n) is 12.6. The van der Waals surface area contributed by atoms with Crippen molar-refractivity contribution in [2.45, 2.75) is 84.2 Å². The lowest BCUT2D eigenvalue weighted by molar-refractivity contribution is -0.136. The highest BCUT2D eigenvalue weighted by molar-refractivity contribution is 6.05. The molecule has 5 aliphatic rings. The van der Waals surface area contributed by atoms with Crippen molar-refractivity contribution < 1.29 is 19.5 Å². The summed E-state index contributed by atoms with van der Waals surface area (Å²) in [6.07, 6.45) is 6.44. The number of aromatic hydroxyl groups is 1. The monoisotopic (exact) mass is 717 g/mol. The minimum Gasteiger partial charge on any atom is -0.508 e. The number of rotatable bonds is 7. The molecule has 4 aliphatic heterocycles. The zero-order valence-corrected chi connectivity index (χ0v) is 31.7. The number of phenolic OH excluding ortho intramolecular Hbond substituents is 1. The van der Waals surface area contributed by atoms with Crippen LogP contribution in [0.2, 0.25) is 0 Å². The van der Waals surface area contributed by atoms with Crippen molar-refractivity contribution in [1.82, 2.24) is 15.1 Å². The van der Waals surface area contributed by atoms with E-state index >= 15 is 0 Å². The Morgan fingerprint density at radius 2 is 1.47 bits per heavy atom. The predicted octanol–water partition coefficient (Wildman–Crippen LogP) is 6.32. The van der Waals surface area contributed by atoms with Gasteiger partial charge in [0, 0.05) is 81.6 Å². The molecule has 9 nitrogen and oxygen atoms in total. The minimum atomic E-state index is -0.582. The lowest BCUT2D eigenvalue weighted by Crippen LogP contribution is -2.52. The Bertz CT molecular complexity index is 1850. The van der Waals surface area contributed by atoms with E-state index in [1.54, 1.807) is 4.90 Å². The number of hydrogen-bond donors (Lipinski definition) is 2. The zero-order valence-electron chi connectivity index (χ0n) is 31.7. The second-order valence-corrected chi connectivity index (χ2v) is 17.5. The number of piperidine rings is 2. The van der Waals surface area contributed by atoms with Crippen LogP contribution in [0.15, 0.2) is 60.7 Å². The number of imide groups is 1. The smallest absolute Gasteiger partial charge is 0.255 e. The van der Waals surface area contributed by atoms with E-state index in [4.69, 9.17) is 0 Å². The SMILES string of the molecule is CC(C)(C)C[C@@H]1CCc2cc(O)ccc2[C@@H]1c1ccc(N2CCC(CN3CCN(c4ccc5c(c4)CN([C@@H]4CCC(=O)NC4=O)C5=O)CC3)CC2)cc1. The van der Waals surface area contributed by atoms with Crippen LogP contribution in [0.5, 0.6) is 5.75 Å². The third-order valence-corrected chi connectivity index (χ3v) is 12.6. The molecule has 1 aliphatic carbocycles. The van der Waals surface area contributed by atoms with E-state index in [9.17, 15) is 19.5 Å². The predicted molar refractivity (Wildman–Crippen MR) is 208 cm³/mol. The first-order chi connectivity index (χ1) is 25.5. The molecule has 3 aromatic carbocycles. The first kappa shape index (κ1) is 35.6. The summed E-state index contributed by atoms with van der Waals surface area (Å²) < 4.78 is 0. The van der Waals surface area contributed by atoms with Gasteiger partial charge in [0.15, 0.2) is 0 Å². The molecule has 0 unspecified atom stereocenters. The van der Waals surface area contributed by atoms with Crippen LogP contribution in [0, 0.1) is 17.3 Å². The van der Waals surface area contributed by atoms with E-state index in [1.165, 1.54) is 41.6 Å². The first-order valence-electron chi connectivity index (χ1n) is 19.9. The molecule has 0 saturated carbocycles. The van der Waals surface area contributed by atoms with E-state index in [1.807, 2.05) is 24.3 Å². The molecule has 280 valence electrons. The Kier molecular flexibility index (Phi) is 9.73. The summed E-state index contributed by atoms with van der Waals surface area (Å²) in [5.41, 5.74) is 8.45. The standard InChI is InChI=1S/C44H55N5O4/c1-44(2,3)26-32-5-4-31-25-36(50)11-13-37(31)41(32)30-6-8-34(9-7-30)47-18-16-29(17-19-47)27-46-20-22-48(23-21-46)35-10-12-38-33(24-35)28-49(43(38)53)39-14-15-40(51)45-42(39)52/h6-13,24-25,29,32,39,41,50H,4-5,14-23,26-28H2,1-3H3,(H,45,51,52)/t32-,39+,41+/m0/s1. The van der Waals surface area contributed by atoms with Crippen molar-refractivity contribution in [2.75, 3.05) is 55.6 Å². The first-order valence-corrected chi connectivity index (χ1v) is 19.9. The Labute approximate surface area is 314 Å². The quantitative estimate of drug-likeness (QED) is 0.276. The Hall–Kier alpha value is -4.37. The molecule has 0 aromatic heterocycles. The largest absolute Gasteiger partial charge is 0.508 e. The molecule has 3 atom stereocenters. The number of nitrogens with one attached hydrogen (secondary N) is 1. The number of fused-ring (bicyclic) bond motifs is 2. The molecule has 2 N–H and O–H groups in total. The molecule has 53 heavy (non-hydrogen) atoms. The summed E-state index contributed by atoms with van der Waals surface area (Å²) in [7, 11) is 0. The van der Waals surface area contributed by atoms with Gasteiger partial charge < -0.3 is 19.8 Å². The topological polar surface area (TPSA) is 96.4 Å². The van der Waals surface area contributed by atoms with Gasteiger partial charge in [0.05, 0.1) is 0 Å². The fourth-order valence-electron chi connectivity index (χ4n) is 9.91. The lowest BCUT2D eigenvalue weighted by Gasteiger charge is -2.40. The molecule has 0 spiro atoms. The van der Waals surface area contributed by atoms with Gasteiger partial charge >= 0.3 is 0 Å². The number of anilines is 2. The average Bonchev–Trinajstić information content (AvgIpc) is 3.46. The van der Waals surface area contributed by atoms with E-state index in [-0.39, 0.29) is 29.6 Å². The maximum atomic E-state index is 13.1. The summed E-state index contributed by atoms with van der Waals surface area (Å²) in [4.78, 5) is 46.5. The highest BCUT2D eigenvalue weighted by atomic mass is 16.3. The fourth-order valence-corrected chi connectivity index (χ4v) is 9.91. The molecule has 3 saturated heterocycles. The molecular formula is C44H55N5O4. The number of amides is 3. The van der Waals surface area contributed by atoms with Gasteiger partial charge in [-0.25, -0.2) is 0 Å². The average molecular weight is 718 g/mol. The van der Waals surface area contributed by atoms with Crippen LogP contribution in [0.3, 0.4) is 0 Å². The van der Waals surface area contributed by atoms with Crippen LogP contribution >= 0.6 is 0 Å². The number of benzene rings is 3. The highest BCUT2D eigenvalue weighted by Crippen LogP contribution is 2.46. The summed E-state index contributed by atoms with van der Waals surface area (Å²) in [5.74, 6) is 1.28. The van der Waals surface area contributed by atoms with Gasteiger partial charge in [0.25, 0.3) is 5.91 Å². The van der Waals surface area contributed by atoms with Gasteiger partial charge in [-0.1, -0.05) is 39.0 Å². The molecule has 3 fully saturated rings. The van der Waals surface area contributed by atoms with Crippen molar-refractivity contribution in [3.05, 3.63) is 88.5 Å². The number of aryl methyl sites for hydroxylation is 1. The van der Waals surface area contributed by atoms with Crippen molar-refractivity contribution in [3.63, 3.8) is 0 Å². The van der Waals surface area contributed by atoms with E-state index in [0.29, 0.717) is 42.0 Å². The molecule has 3 amide bonds. The van der Waals surface area contributed by atoms with Crippen LogP contribution in [-0.2, 0) is 22.6 Å². The summed E-state index contributed by atoms with van der Waals surface area (Å²) in [6, 6.07) is 21.0. The number of phenols is 1. The van der Waals surface area contributed by atoms with Gasteiger partial charge in [-0.2, -0.15) is 0 Å². The van der Waals surface area contributed by atoms with Crippen LogP contribution in [0.4, 0.5) is 11.4 Å². The maximum Gasteiger partial charge on any atom is 0.255 e. The van der Waals surface area contributed by atoms with Crippen LogP contribution in [0.25, 0.3) is 0 Å². The van der Waals surface area contributed by atoms with Crippen LogP contribution in [-0.4, -0.2) is 84.5 Å². The summed E-state index contributed by atoms with van der Waals surface area (Å²) >= 11 is 0. The number of hydrogen-bond acceptors (Lipinski definition) is 7. The number of piperazine rings is 1. The normalized spacial score (nSPS) is 24.3. The highest BCUT2D eigenvalue weighted by Gasteiger charge is 2.39. The molecule has 9 heteroatoms. The summed E-state index contributed by atoms with van der Waals surface area (Å²) in [5, 5.41) is 12.6. The van der Waals surface area contributed by atoms with Crippen molar-refractivity contribution in [1.29, 1.82) is 0 Å². The number of nitrogens with zero attached hydrogens (tertiary/aromatic N) is 4.